The molecule has 1 aliphatic rings. The number of aromatic nitrogens is 1. The van der Waals surface area contributed by atoms with Gasteiger partial charge in [0.1, 0.15) is 5.69 Å². The summed E-state index contributed by atoms with van der Waals surface area (Å²) < 4.78 is 6.94. The first-order valence-electron chi connectivity index (χ1n) is 6.05. The highest BCUT2D eigenvalue weighted by Crippen LogP contribution is 2.29. The van der Waals surface area contributed by atoms with Crippen molar-refractivity contribution < 1.29 is 14.3 Å². The van der Waals surface area contributed by atoms with E-state index in [9.17, 15) is 9.59 Å². The number of ether oxygens (including phenoxy) is 1. The van der Waals surface area contributed by atoms with Crippen molar-refractivity contribution in [1.82, 2.24) is 4.57 Å². The predicted molar refractivity (Wildman–Crippen MR) is 66.8 cm³/mol. The monoisotopic (exact) mass is 243 g/mol. The largest absolute Gasteiger partial charge is 0.461 e. The van der Waals surface area contributed by atoms with Crippen molar-refractivity contribution in [1.29, 1.82) is 0 Å². The Kier molecular flexibility index (Phi) is 2.44. The van der Waals surface area contributed by atoms with E-state index in [0.29, 0.717) is 30.8 Å². The van der Waals surface area contributed by atoms with E-state index in [4.69, 9.17) is 4.74 Å². The van der Waals surface area contributed by atoms with Crippen molar-refractivity contribution >= 4 is 22.7 Å². The van der Waals surface area contributed by atoms with Gasteiger partial charge in [0.15, 0.2) is 5.78 Å². The Morgan fingerprint density at radius 2 is 2.28 bits per heavy atom. The number of hydrogen-bond donors (Lipinski definition) is 0. The number of para-hydroxylation sites is 1. The molecule has 0 fully saturated rings. The van der Waals surface area contributed by atoms with Crippen LogP contribution in [0.5, 0.6) is 0 Å². The summed E-state index contributed by atoms with van der Waals surface area (Å²) in [6, 6.07) is 7.38. The average molecular weight is 243 g/mol. The molecule has 0 saturated heterocycles. The zero-order valence-electron chi connectivity index (χ0n) is 10.1. The molecule has 2 heterocycles. The van der Waals surface area contributed by atoms with Crippen LogP contribution in [0.3, 0.4) is 0 Å². The molecule has 0 radical (unpaired) electrons. The molecule has 0 saturated carbocycles. The molecule has 92 valence electrons. The molecule has 0 N–H and O–H groups in total. The maximum atomic E-state index is 11.9. The van der Waals surface area contributed by atoms with Crippen LogP contribution >= 0.6 is 0 Å². The fraction of sp³-hybridized carbons (Fsp3) is 0.286. The Labute approximate surface area is 104 Å². The first kappa shape index (κ1) is 11.0. The fourth-order valence-corrected chi connectivity index (χ4v) is 2.50. The third kappa shape index (κ3) is 1.45. The minimum Gasteiger partial charge on any atom is -0.461 e. The smallest absolute Gasteiger partial charge is 0.354 e. The topological polar surface area (TPSA) is 48.3 Å². The molecule has 0 unspecified atom stereocenters. The molecule has 0 amide bonds. The second kappa shape index (κ2) is 3.98. The van der Waals surface area contributed by atoms with Gasteiger partial charge >= 0.3 is 5.97 Å². The standard InChI is InChI=1S/C14H13NO3/c1-2-18-14(17)11-8-9-4-3-5-10-12(16)6-7-15(11)13(9)10/h3-5,8H,2,6-7H2,1H3. The molecule has 1 aromatic heterocycles. The van der Waals surface area contributed by atoms with Crippen LogP contribution in [-0.4, -0.2) is 22.9 Å². The third-order valence-electron chi connectivity index (χ3n) is 3.27. The van der Waals surface area contributed by atoms with Crippen molar-refractivity contribution in [2.75, 3.05) is 6.61 Å². The number of ketones is 1. The minimum absolute atomic E-state index is 0.140. The quantitative estimate of drug-likeness (QED) is 0.761. The fourth-order valence-electron chi connectivity index (χ4n) is 2.50. The number of carbonyl (C=O) groups is 2. The van der Waals surface area contributed by atoms with Crippen molar-refractivity contribution in [2.24, 2.45) is 0 Å². The molecule has 4 heteroatoms. The molecule has 0 spiro atoms. The van der Waals surface area contributed by atoms with Gasteiger partial charge in [-0.3, -0.25) is 4.79 Å². The van der Waals surface area contributed by atoms with Crippen molar-refractivity contribution in [2.45, 2.75) is 19.9 Å². The molecular formula is C14H13NO3. The molecule has 3 rings (SSSR count). The first-order chi connectivity index (χ1) is 8.72. The molecular weight excluding hydrogens is 230 g/mol. The zero-order chi connectivity index (χ0) is 12.7. The van der Waals surface area contributed by atoms with Crippen LogP contribution in [0.4, 0.5) is 0 Å². The Morgan fingerprint density at radius 3 is 3.06 bits per heavy atom. The molecule has 18 heavy (non-hydrogen) atoms. The van der Waals surface area contributed by atoms with Crippen LogP contribution < -0.4 is 0 Å². The second-order valence-electron chi connectivity index (χ2n) is 4.32. The van der Waals surface area contributed by atoms with E-state index >= 15 is 0 Å². The normalized spacial score (nSPS) is 13.9. The Morgan fingerprint density at radius 1 is 1.44 bits per heavy atom. The predicted octanol–water partition coefficient (Wildman–Crippen LogP) is 2.40. The number of rotatable bonds is 2. The summed E-state index contributed by atoms with van der Waals surface area (Å²) in [5.41, 5.74) is 2.10. The third-order valence-corrected chi connectivity index (χ3v) is 3.27. The first-order valence-corrected chi connectivity index (χ1v) is 6.05. The van der Waals surface area contributed by atoms with Gasteiger partial charge in [0.05, 0.1) is 12.1 Å². The number of aryl methyl sites for hydroxylation is 1. The average Bonchev–Trinajstić information content (AvgIpc) is 2.74. The van der Waals surface area contributed by atoms with Gasteiger partial charge in [-0.2, -0.15) is 0 Å². The molecule has 1 aliphatic heterocycles. The summed E-state index contributed by atoms with van der Waals surface area (Å²) in [4.78, 5) is 23.7. The van der Waals surface area contributed by atoms with Gasteiger partial charge < -0.3 is 9.30 Å². The number of nitrogens with zero attached hydrogens (tertiary/aromatic N) is 1. The van der Waals surface area contributed by atoms with Crippen molar-refractivity contribution in [3.05, 3.63) is 35.5 Å². The lowest BCUT2D eigenvalue weighted by atomic mass is 10.0. The lowest BCUT2D eigenvalue weighted by Gasteiger charge is -2.16. The molecule has 2 aromatic rings. The van der Waals surface area contributed by atoms with E-state index in [1.807, 2.05) is 22.8 Å². The van der Waals surface area contributed by atoms with Crippen molar-refractivity contribution in [3.63, 3.8) is 0 Å². The van der Waals surface area contributed by atoms with Crippen molar-refractivity contribution in [3.8, 4) is 0 Å². The number of Topliss-reactive ketones (excluding diaryl/α,β-unsaturated/α-hetero) is 1. The lowest BCUT2D eigenvalue weighted by Crippen LogP contribution is -2.18. The molecule has 4 nitrogen and oxygen atoms in total. The Bertz CT molecular complexity index is 654. The number of esters is 1. The summed E-state index contributed by atoms with van der Waals surface area (Å²) >= 11 is 0. The van der Waals surface area contributed by atoms with Crippen LogP contribution in [0.15, 0.2) is 24.3 Å². The molecule has 0 atom stereocenters. The molecule has 0 bridgehead atoms. The Balaban J connectivity index is 2.26. The van der Waals surface area contributed by atoms with Gasteiger partial charge in [-0.05, 0) is 19.1 Å². The van der Waals surface area contributed by atoms with Gasteiger partial charge in [0.25, 0.3) is 0 Å². The van der Waals surface area contributed by atoms with E-state index in [-0.39, 0.29) is 11.8 Å². The van der Waals surface area contributed by atoms with Gasteiger partial charge in [-0.15, -0.1) is 0 Å². The van der Waals surface area contributed by atoms with E-state index in [0.717, 1.165) is 10.9 Å². The van der Waals surface area contributed by atoms with E-state index < -0.39 is 0 Å². The van der Waals surface area contributed by atoms with E-state index in [1.54, 1.807) is 13.0 Å². The van der Waals surface area contributed by atoms with Crippen LogP contribution in [-0.2, 0) is 11.3 Å². The molecule has 0 aliphatic carbocycles. The number of benzene rings is 1. The summed E-state index contributed by atoms with van der Waals surface area (Å²) in [6.45, 7) is 2.69. The summed E-state index contributed by atoms with van der Waals surface area (Å²) in [6.07, 6.45) is 0.438. The van der Waals surface area contributed by atoms with Crippen LogP contribution in [0, 0.1) is 0 Å². The summed E-state index contributed by atoms with van der Waals surface area (Å²) in [5.74, 6) is -0.185. The maximum absolute atomic E-state index is 11.9. The number of carbonyl (C=O) groups excluding carboxylic acids is 2. The summed E-state index contributed by atoms with van der Waals surface area (Å²) in [5, 5.41) is 0.920. The zero-order valence-corrected chi connectivity index (χ0v) is 10.1. The molecule has 1 aromatic carbocycles. The van der Waals surface area contributed by atoms with Gasteiger partial charge in [-0.25, -0.2) is 4.79 Å². The van der Waals surface area contributed by atoms with Crippen LogP contribution in [0.1, 0.15) is 34.2 Å². The highest BCUT2D eigenvalue weighted by Gasteiger charge is 2.24. The highest BCUT2D eigenvalue weighted by molar-refractivity contribution is 6.10. The number of hydrogen-bond acceptors (Lipinski definition) is 3. The van der Waals surface area contributed by atoms with Gasteiger partial charge in [-0.1, -0.05) is 12.1 Å². The lowest BCUT2D eigenvalue weighted by molar-refractivity contribution is 0.0513. The second-order valence-corrected chi connectivity index (χ2v) is 4.32. The van der Waals surface area contributed by atoms with E-state index in [1.165, 1.54) is 0 Å². The Hall–Kier alpha value is -2.10. The van der Waals surface area contributed by atoms with Crippen LogP contribution in [0.2, 0.25) is 0 Å². The summed E-state index contributed by atoms with van der Waals surface area (Å²) in [7, 11) is 0. The SMILES string of the molecule is CCOC(=O)c1cc2cccc3c2n1CCC3=O. The van der Waals surface area contributed by atoms with Crippen LogP contribution in [0.25, 0.3) is 10.9 Å². The van der Waals surface area contributed by atoms with Gasteiger partial charge in [0.2, 0.25) is 0 Å². The van der Waals surface area contributed by atoms with E-state index in [2.05, 4.69) is 0 Å². The highest BCUT2D eigenvalue weighted by atomic mass is 16.5. The van der Waals surface area contributed by atoms with Gasteiger partial charge in [0, 0.05) is 23.9 Å². The minimum atomic E-state index is -0.325. The maximum Gasteiger partial charge on any atom is 0.354 e.